The average molecular weight is 485 g/mol. The number of methoxy groups -OCH3 is 1. The zero-order valence-corrected chi connectivity index (χ0v) is 20.4. The number of esters is 1. The number of hydrogen-bond donors (Lipinski definition) is 1. The van der Waals surface area contributed by atoms with Gasteiger partial charge in [0.2, 0.25) is 5.91 Å². The van der Waals surface area contributed by atoms with Crippen LogP contribution in [0.2, 0.25) is 5.02 Å². The van der Waals surface area contributed by atoms with Gasteiger partial charge in [0.15, 0.2) is 0 Å². The molecule has 2 aromatic carbocycles. The minimum Gasteiger partial charge on any atom is -0.463 e. The molecule has 7 nitrogen and oxygen atoms in total. The number of halogens is 1. The molecule has 0 aromatic heterocycles. The summed E-state index contributed by atoms with van der Waals surface area (Å²) in [5.41, 5.74) is 3.17. The lowest BCUT2D eigenvalue weighted by Gasteiger charge is -2.34. The molecule has 0 bridgehead atoms. The normalized spacial score (nSPS) is 15.9. The lowest BCUT2D eigenvalue weighted by atomic mass is 9.83. The lowest BCUT2D eigenvalue weighted by Crippen LogP contribution is -2.38. The van der Waals surface area contributed by atoms with E-state index in [1.165, 1.54) is 0 Å². The Morgan fingerprint density at radius 1 is 1.18 bits per heavy atom. The third-order valence-electron chi connectivity index (χ3n) is 5.72. The van der Waals surface area contributed by atoms with E-state index >= 15 is 0 Å². The molecule has 2 aromatic rings. The SMILES string of the molecule is CCOC(=O)C1=C(C)N(Cc2ccc(C(=O)NCCOC)cc2)C(=O)CC1c1cccc(Cl)c1. The minimum absolute atomic E-state index is 0.100. The van der Waals surface area contributed by atoms with Gasteiger partial charge in [0, 0.05) is 42.3 Å². The first-order valence-corrected chi connectivity index (χ1v) is 11.5. The highest BCUT2D eigenvalue weighted by Crippen LogP contribution is 2.38. The molecule has 1 aliphatic rings. The third kappa shape index (κ3) is 6.04. The van der Waals surface area contributed by atoms with Gasteiger partial charge < -0.3 is 19.7 Å². The Kier molecular flexibility index (Phi) is 8.85. The monoisotopic (exact) mass is 484 g/mol. The van der Waals surface area contributed by atoms with E-state index in [0.29, 0.717) is 35.0 Å². The molecule has 1 N–H and O–H groups in total. The molecule has 1 heterocycles. The second-order valence-corrected chi connectivity index (χ2v) is 8.39. The number of nitrogens with one attached hydrogen (secondary N) is 1. The molecule has 0 fully saturated rings. The van der Waals surface area contributed by atoms with Gasteiger partial charge in [-0.3, -0.25) is 9.59 Å². The van der Waals surface area contributed by atoms with Gasteiger partial charge in [0.05, 0.1) is 25.3 Å². The summed E-state index contributed by atoms with van der Waals surface area (Å²) in [7, 11) is 1.57. The van der Waals surface area contributed by atoms with Gasteiger partial charge in [0.25, 0.3) is 5.91 Å². The maximum atomic E-state index is 13.2. The highest BCUT2D eigenvalue weighted by Gasteiger charge is 2.37. The largest absolute Gasteiger partial charge is 0.463 e. The Hall–Kier alpha value is -3.16. The third-order valence-corrected chi connectivity index (χ3v) is 5.95. The number of ether oxygens (including phenoxy) is 2. The first-order chi connectivity index (χ1) is 16.3. The number of nitrogens with zero attached hydrogens (tertiary/aromatic N) is 1. The van der Waals surface area contributed by atoms with Gasteiger partial charge in [0.1, 0.15) is 0 Å². The number of benzene rings is 2. The van der Waals surface area contributed by atoms with Crippen LogP contribution in [0, 0.1) is 0 Å². The van der Waals surface area contributed by atoms with Crippen LogP contribution in [0.4, 0.5) is 0 Å². The number of allylic oxidation sites excluding steroid dienone is 1. The van der Waals surface area contributed by atoms with E-state index in [2.05, 4.69) is 5.32 Å². The standard InChI is InChI=1S/C26H29ClN2O5/c1-4-34-26(32)24-17(2)29(23(30)15-22(24)20-6-5-7-21(27)14-20)16-18-8-10-19(11-9-18)25(31)28-12-13-33-3/h5-11,14,22H,4,12-13,15-16H2,1-3H3,(H,28,31). The molecule has 1 aliphatic heterocycles. The van der Waals surface area contributed by atoms with Crippen molar-refractivity contribution >= 4 is 29.4 Å². The predicted molar refractivity (Wildman–Crippen MR) is 129 cm³/mol. The van der Waals surface area contributed by atoms with Gasteiger partial charge in [-0.1, -0.05) is 35.9 Å². The summed E-state index contributed by atoms with van der Waals surface area (Å²) in [6.07, 6.45) is 0.131. The fraction of sp³-hybridized carbons (Fsp3) is 0.346. The Labute approximate surface area is 204 Å². The topological polar surface area (TPSA) is 84.9 Å². The van der Waals surface area contributed by atoms with E-state index in [4.69, 9.17) is 21.1 Å². The van der Waals surface area contributed by atoms with Gasteiger partial charge in [-0.25, -0.2) is 4.79 Å². The second kappa shape index (κ2) is 11.8. The van der Waals surface area contributed by atoms with Crippen molar-refractivity contribution in [3.8, 4) is 0 Å². The number of amides is 2. The van der Waals surface area contributed by atoms with Crippen LogP contribution in [-0.4, -0.2) is 49.6 Å². The first kappa shape index (κ1) is 25.5. The molecular formula is C26H29ClN2O5. The van der Waals surface area contributed by atoms with E-state index in [1.54, 1.807) is 68.3 Å². The zero-order valence-electron chi connectivity index (χ0n) is 19.6. The molecule has 0 aliphatic carbocycles. The molecule has 0 saturated heterocycles. The number of rotatable bonds is 9. The molecule has 1 unspecified atom stereocenters. The van der Waals surface area contributed by atoms with Gasteiger partial charge >= 0.3 is 5.97 Å². The van der Waals surface area contributed by atoms with Crippen LogP contribution in [0.15, 0.2) is 59.8 Å². The number of hydrogen-bond acceptors (Lipinski definition) is 5. The Bertz CT molecular complexity index is 1080. The van der Waals surface area contributed by atoms with Crippen molar-refractivity contribution in [2.24, 2.45) is 0 Å². The molecule has 34 heavy (non-hydrogen) atoms. The molecule has 8 heteroatoms. The van der Waals surface area contributed by atoms with Crippen LogP contribution in [0.3, 0.4) is 0 Å². The van der Waals surface area contributed by atoms with E-state index in [9.17, 15) is 14.4 Å². The smallest absolute Gasteiger partial charge is 0.336 e. The Balaban J connectivity index is 1.86. The van der Waals surface area contributed by atoms with E-state index < -0.39 is 11.9 Å². The van der Waals surface area contributed by atoms with Crippen LogP contribution in [0.25, 0.3) is 0 Å². The Morgan fingerprint density at radius 3 is 2.56 bits per heavy atom. The molecular weight excluding hydrogens is 456 g/mol. The number of carbonyl (C=O) groups is 3. The van der Waals surface area contributed by atoms with Crippen LogP contribution in [0.5, 0.6) is 0 Å². The van der Waals surface area contributed by atoms with Crippen LogP contribution in [-0.2, 0) is 25.6 Å². The quantitative estimate of drug-likeness (QED) is 0.428. The predicted octanol–water partition coefficient (Wildman–Crippen LogP) is 4.07. The van der Waals surface area contributed by atoms with Gasteiger partial charge in [-0.15, -0.1) is 0 Å². The van der Waals surface area contributed by atoms with Crippen LogP contribution < -0.4 is 5.32 Å². The minimum atomic E-state index is -0.439. The molecule has 0 spiro atoms. The highest BCUT2D eigenvalue weighted by atomic mass is 35.5. The van der Waals surface area contributed by atoms with Crippen molar-refractivity contribution in [3.63, 3.8) is 0 Å². The van der Waals surface area contributed by atoms with Crippen molar-refractivity contribution in [2.75, 3.05) is 26.9 Å². The summed E-state index contributed by atoms with van der Waals surface area (Å²) < 4.78 is 10.3. The van der Waals surface area contributed by atoms with Crippen LogP contribution >= 0.6 is 11.6 Å². The fourth-order valence-electron chi connectivity index (χ4n) is 4.00. The number of carbonyl (C=O) groups excluding carboxylic acids is 3. The van der Waals surface area contributed by atoms with Crippen molar-refractivity contribution < 1.29 is 23.9 Å². The molecule has 2 amide bonds. The maximum Gasteiger partial charge on any atom is 0.336 e. The van der Waals surface area contributed by atoms with Crippen LogP contribution in [0.1, 0.15) is 47.7 Å². The molecule has 180 valence electrons. The molecule has 0 saturated carbocycles. The first-order valence-electron chi connectivity index (χ1n) is 11.2. The van der Waals surface area contributed by atoms with Crippen molar-refractivity contribution in [3.05, 3.63) is 81.5 Å². The average Bonchev–Trinajstić information content (AvgIpc) is 2.82. The van der Waals surface area contributed by atoms with Crippen molar-refractivity contribution in [2.45, 2.75) is 32.7 Å². The summed E-state index contributed by atoms with van der Waals surface area (Å²) in [5.74, 6) is -1.16. The lowest BCUT2D eigenvalue weighted by molar-refractivity contribution is -0.140. The summed E-state index contributed by atoms with van der Waals surface area (Å²) in [5, 5.41) is 3.31. The summed E-state index contributed by atoms with van der Waals surface area (Å²) >= 11 is 6.17. The molecule has 0 radical (unpaired) electrons. The van der Waals surface area contributed by atoms with E-state index in [-0.39, 0.29) is 31.4 Å². The summed E-state index contributed by atoms with van der Waals surface area (Å²) in [6, 6.07) is 14.2. The zero-order chi connectivity index (χ0) is 24.7. The summed E-state index contributed by atoms with van der Waals surface area (Å²) in [6.45, 7) is 4.89. The second-order valence-electron chi connectivity index (χ2n) is 7.96. The summed E-state index contributed by atoms with van der Waals surface area (Å²) in [4.78, 5) is 39.9. The van der Waals surface area contributed by atoms with E-state index in [1.807, 2.05) is 6.07 Å². The van der Waals surface area contributed by atoms with Crippen molar-refractivity contribution in [1.82, 2.24) is 10.2 Å². The molecule has 1 atom stereocenters. The fourth-order valence-corrected chi connectivity index (χ4v) is 4.20. The van der Waals surface area contributed by atoms with Gasteiger partial charge in [-0.2, -0.15) is 0 Å². The Morgan fingerprint density at radius 2 is 1.91 bits per heavy atom. The maximum absolute atomic E-state index is 13.2. The van der Waals surface area contributed by atoms with E-state index in [0.717, 1.165) is 11.1 Å². The molecule has 3 rings (SSSR count). The van der Waals surface area contributed by atoms with Crippen molar-refractivity contribution in [1.29, 1.82) is 0 Å². The van der Waals surface area contributed by atoms with Gasteiger partial charge in [-0.05, 0) is 49.2 Å². The highest BCUT2D eigenvalue weighted by molar-refractivity contribution is 6.30.